The fourth-order valence-corrected chi connectivity index (χ4v) is 4.18. The molecule has 4 heteroatoms. The number of aromatic hydroxyl groups is 1. The third-order valence-electron chi connectivity index (χ3n) is 4.88. The Bertz CT molecular complexity index is 599. The first-order valence-electron chi connectivity index (χ1n) is 8.33. The smallest absolute Gasteiger partial charge is 0.115 e. The van der Waals surface area contributed by atoms with E-state index >= 15 is 0 Å². The quantitative estimate of drug-likeness (QED) is 0.777. The lowest BCUT2D eigenvalue weighted by Gasteiger charge is -2.32. The molecule has 124 valence electrons. The minimum Gasteiger partial charge on any atom is -0.508 e. The second kappa shape index (κ2) is 7.04. The molecule has 1 aromatic heterocycles. The highest BCUT2D eigenvalue weighted by molar-refractivity contribution is 7.10. The molecule has 1 heterocycles. The van der Waals surface area contributed by atoms with Gasteiger partial charge in [0, 0.05) is 17.5 Å². The summed E-state index contributed by atoms with van der Waals surface area (Å²) < 4.78 is 0. The highest BCUT2D eigenvalue weighted by Crippen LogP contribution is 2.34. The van der Waals surface area contributed by atoms with Crippen LogP contribution in [0.4, 0.5) is 0 Å². The number of phenolic OH excluding ortho intramolecular Hbond substituents is 1. The maximum atomic E-state index is 10.6. The van der Waals surface area contributed by atoms with Gasteiger partial charge in [0.1, 0.15) is 11.4 Å². The fourth-order valence-electron chi connectivity index (χ4n) is 3.39. The number of thiophene rings is 1. The van der Waals surface area contributed by atoms with Crippen molar-refractivity contribution < 1.29 is 10.2 Å². The molecule has 1 fully saturated rings. The minimum absolute atomic E-state index is 0.333. The topological polar surface area (TPSA) is 52.5 Å². The Morgan fingerprint density at radius 2 is 1.83 bits per heavy atom. The second-order valence-electron chi connectivity index (χ2n) is 6.77. The van der Waals surface area contributed by atoms with Gasteiger partial charge in [0.15, 0.2) is 0 Å². The molecule has 1 aromatic carbocycles. The molecular weight excluding hydrogens is 306 g/mol. The molecule has 1 unspecified atom stereocenters. The van der Waals surface area contributed by atoms with Crippen molar-refractivity contribution in [3.05, 3.63) is 52.2 Å². The van der Waals surface area contributed by atoms with E-state index in [1.54, 1.807) is 23.5 Å². The first-order chi connectivity index (χ1) is 11.0. The average Bonchev–Trinajstić information content (AvgIpc) is 3.10. The van der Waals surface area contributed by atoms with Gasteiger partial charge in [0.05, 0.1) is 0 Å². The van der Waals surface area contributed by atoms with E-state index in [1.165, 1.54) is 5.56 Å². The lowest BCUT2D eigenvalue weighted by atomic mass is 9.81. The number of hydrogen-bond donors (Lipinski definition) is 3. The molecule has 1 aliphatic rings. The van der Waals surface area contributed by atoms with E-state index in [1.807, 2.05) is 36.6 Å². The van der Waals surface area contributed by atoms with Gasteiger partial charge in [-0.15, -0.1) is 11.3 Å². The van der Waals surface area contributed by atoms with Crippen molar-refractivity contribution in [1.29, 1.82) is 0 Å². The van der Waals surface area contributed by atoms with E-state index in [0.717, 1.165) is 30.6 Å². The lowest BCUT2D eigenvalue weighted by Crippen LogP contribution is -2.41. The number of phenols is 1. The number of aliphatic hydroxyl groups is 1. The van der Waals surface area contributed by atoms with E-state index in [0.29, 0.717) is 24.3 Å². The normalized spacial score (nSPS) is 24.3. The largest absolute Gasteiger partial charge is 0.508 e. The van der Waals surface area contributed by atoms with Crippen LogP contribution in [0.15, 0.2) is 41.8 Å². The summed E-state index contributed by atoms with van der Waals surface area (Å²) in [6.07, 6.45) is 4.57. The van der Waals surface area contributed by atoms with Gasteiger partial charge in [0.2, 0.25) is 0 Å². The van der Waals surface area contributed by atoms with Crippen LogP contribution in [0.3, 0.4) is 0 Å². The predicted molar refractivity (Wildman–Crippen MR) is 95.0 cm³/mol. The molecule has 3 N–H and O–H groups in total. The van der Waals surface area contributed by atoms with Crippen LogP contribution in [-0.4, -0.2) is 22.8 Å². The molecular formula is C19H25NO2S. The van der Waals surface area contributed by atoms with Gasteiger partial charge in [-0.25, -0.2) is 0 Å². The molecule has 0 saturated heterocycles. The summed E-state index contributed by atoms with van der Waals surface area (Å²) in [5.41, 5.74) is 0.536. The first kappa shape index (κ1) is 16.5. The highest BCUT2D eigenvalue weighted by Gasteiger charge is 2.27. The summed E-state index contributed by atoms with van der Waals surface area (Å²) >= 11 is 1.60. The molecule has 0 bridgehead atoms. The van der Waals surface area contributed by atoms with Gasteiger partial charge in [-0.1, -0.05) is 18.2 Å². The third-order valence-corrected chi connectivity index (χ3v) is 6.00. The second-order valence-corrected chi connectivity index (χ2v) is 7.72. The van der Waals surface area contributed by atoms with Crippen LogP contribution in [-0.2, 0) is 5.60 Å². The van der Waals surface area contributed by atoms with E-state index in [-0.39, 0.29) is 0 Å². The molecule has 0 amide bonds. The molecule has 3 rings (SSSR count). The fraction of sp³-hybridized carbons (Fsp3) is 0.474. The van der Waals surface area contributed by atoms with Gasteiger partial charge in [-0.2, -0.15) is 0 Å². The Morgan fingerprint density at radius 3 is 2.43 bits per heavy atom. The molecule has 23 heavy (non-hydrogen) atoms. The van der Waals surface area contributed by atoms with Crippen molar-refractivity contribution in [2.24, 2.45) is 0 Å². The number of nitrogens with one attached hydrogen (secondary N) is 1. The Hall–Kier alpha value is -1.36. The van der Waals surface area contributed by atoms with Crippen LogP contribution in [0.5, 0.6) is 5.75 Å². The maximum absolute atomic E-state index is 10.6. The van der Waals surface area contributed by atoms with Crippen LogP contribution >= 0.6 is 11.3 Å². The highest BCUT2D eigenvalue weighted by atomic mass is 32.1. The van der Waals surface area contributed by atoms with Crippen LogP contribution < -0.4 is 5.32 Å². The van der Waals surface area contributed by atoms with Gasteiger partial charge in [0.25, 0.3) is 0 Å². The minimum atomic E-state index is -0.790. The monoisotopic (exact) mass is 331 g/mol. The first-order valence-corrected chi connectivity index (χ1v) is 9.21. The molecule has 1 aliphatic carbocycles. The van der Waals surface area contributed by atoms with Crippen molar-refractivity contribution in [3.8, 4) is 5.75 Å². The Labute approximate surface area is 142 Å². The van der Waals surface area contributed by atoms with Gasteiger partial charge in [-0.05, 0) is 67.7 Å². The Kier molecular flexibility index (Phi) is 5.05. The lowest BCUT2D eigenvalue weighted by molar-refractivity contribution is 0.0556. The van der Waals surface area contributed by atoms with Crippen molar-refractivity contribution >= 4 is 11.3 Å². The van der Waals surface area contributed by atoms with Gasteiger partial charge in [-0.3, -0.25) is 0 Å². The molecule has 1 atom stereocenters. The van der Waals surface area contributed by atoms with E-state index in [2.05, 4.69) is 5.32 Å². The summed E-state index contributed by atoms with van der Waals surface area (Å²) in [5.74, 6) is 0.923. The molecule has 2 aromatic rings. The van der Waals surface area contributed by atoms with E-state index < -0.39 is 5.60 Å². The van der Waals surface area contributed by atoms with Crippen molar-refractivity contribution in [2.45, 2.75) is 50.2 Å². The zero-order valence-corrected chi connectivity index (χ0v) is 14.4. The summed E-state index contributed by atoms with van der Waals surface area (Å²) in [4.78, 5) is 1.02. The van der Waals surface area contributed by atoms with Gasteiger partial charge < -0.3 is 15.5 Å². The number of rotatable bonds is 5. The van der Waals surface area contributed by atoms with Crippen molar-refractivity contribution in [1.82, 2.24) is 5.32 Å². The number of benzene rings is 1. The van der Waals surface area contributed by atoms with Crippen molar-refractivity contribution in [2.75, 3.05) is 6.54 Å². The van der Waals surface area contributed by atoms with Gasteiger partial charge >= 0.3 is 0 Å². The standard InChI is InChI=1S/C19H25NO2S/c1-19(22,18-3-2-12-23-18)13-20-16-8-4-14(5-9-16)15-6-10-17(21)11-7-15/h2-3,6-7,10-12,14,16,20-22H,4-5,8-9,13H2,1H3. The molecule has 0 radical (unpaired) electrons. The van der Waals surface area contributed by atoms with E-state index in [9.17, 15) is 10.2 Å². The zero-order valence-electron chi connectivity index (χ0n) is 13.5. The van der Waals surface area contributed by atoms with Crippen molar-refractivity contribution in [3.63, 3.8) is 0 Å². The third kappa shape index (κ3) is 4.14. The maximum Gasteiger partial charge on any atom is 0.115 e. The van der Waals surface area contributed by atoms with Crippen LogP contribution in [0, 0.1) is 0 Å². The molecule has 1 saturated carbocycles. The predicted octanol–water partition coefficient (Wildman–Crippen LogP) is 3.98. The summed E-state index contributed by atoms with van der Waals surface area (Å²) in [6.45, 7) is 2.48. The van der Waals surface area contributed by atoms with Crippen LogP contribution in [0.2, 0.25) is 0 Å². The molecule has 3 nitrogen and oxygen atoms in total. The summed E-state index contributed by atoms with van der Waals surface area (Å²) in [5, 5.41) is 25.5. The SMILES string of the molecule is CC(O)(CNC1CCC(c2ccc(O)cc2)CC1)c1cccs1. The summed E-state index contributed by atoms with van der Waals surface area (Å²) in [7, 11) is 0. The van der Waals surface area contributed by atoms with Crippen LogP contribution in [0.1, 0.15) is 49.0 Å². The number of hydrogen-bond acceptors (Lipinski definition) is 4. The zero-order chi connectivity index (χ0) is 16.3. The molecule has 0 spiro atoms. The van der Waals surface area contributed by atoms with E-state index in [4.69, 9.17) is 0 Å². The molecule has 0 aliphatic heterocycles. The Balaban J connectivity index is 1.49. The Morgan fingerprint density at radius 1 is 1.13 bits per heavy atom. The summed E-state index contributed by atoms with van der Waals surface area (Å²) in [6, 6.07) is 12.1. The average molecular weight is 331 g/mol. The van der Waals surface area contributed by atoms with Crippen LogP contribution in [0.25, 0.3) is 0 Å².